The van der Waals surface area contributed by atoms with Gasteiger partial charge in [0.2, 0.25) is 0 Å². The maximum absolute atomic E-state index is 10.6. The molecule has 0 aromatic carbocycles. The quantitative estimate of drug-likeness (QED) is 0.685. The number of carboxylic acids is 1. The zero-order valence-corrected chi connectivity index (χ0v) is 8.75. The molecule has 2 heteroatoms. The largest absolute Gasteiger partial charge is 0.478 e. The van der Waals surface area contributed by atoms with Crippen molar-refractivity contribution in [2.24, 2.45) is 0 Å². The third kappa shape index (κ3) is 3.77. The second-order valence-electron chi connectivity index (χ2n) is 3.86. The molecule has 1 rings (SSSR count). The summed E-state index contributed by atoms with van der Waals surface area (Å²) >= 11 is 0. The molecular weight excluding hydrogens is 176 g/mol. The second-order valence-corrected chi connectivity index (χ2v) is 3.86. The number of hydrogen-bond donors (Lipinski definition) is 1. The van der Waals surface area contributed by atoms with E-state index in [2.05, 4.69) is 6.08 Å². The average Bonchev–Trinajstić information content (AvgIpc) is 2.08. The van der Waals surface area contributed by atoms with Gasteiger partial charge in [-0.15, -0.1) is 0 Å². The minimum Gasteiger partial charge on any atom is -0.478 e. The lowest BCUT2D eigenvalue weighted by molar-refractivity contribution is -0.132. The van der Waals surface area contributed by atoms with E-state index in [0.29, 0.717) is 5.57 Å². The van der Waals surface area contributed by atoms with Crippen LogP contribution in [0.4, 0.5) is 0 Å². The molecule has 0 aromatic rings. The monoisotopic (exact) mass is 194 g/mol. The third-order valence-electron chi connectivity index (χ3n) is 2.57. The molecular formula is C12H18O2. The lowest BCUT2D eigenvalue weighted by Gasteiger charge is -2.08. The average molecular weight is 194 g/mol. The molecule has 0 atom stereocenters. The summed E-state index contributed by atoms with van der Waals surface area (Å²) in [6.07, 6.45) is 11.1. The predicted octanol–water partition coefficient (Wildman–Crippen LogP) is 3.30. The first-order chi connectivity index (χ1) is 6.70. The van der Waals surface area contributed by atoms with Gasteiger partial charge < -0.3 is 5.11 Å². The Morgan fingerprint density at radius 2 is 2.07 bits per heavy atom. The molecule has 0 aromatic heterocycles. The van der Waals surface area contributed by atoms with Gasteiger partial charge in [0.1, 0.15) is 0 Å². The molecule has 0 unspecified atom stereocenters. The summed E-state index contributed by atoms with van der Waals surface area (Å²) < 4.78 is 0. The SMILES string of the molecule is CC(=C/C1=C/CCCCCC1)C(=O)O. The summed E-state index contributed by atoms with van der Waals surface area (Å²) in [5, 5.41) is 8.74. The molecule has 0 bridgehead atoms. The lowest BCUT2D eigenvalue weighted by Crippen LogP contribution is -1.97. The van der Waals surface area contributed by atoms with Gasteiger partial charge in [-0.25, -0.2) is 4.79 Å². The third-order valence-corrected chi connectivity index (χ3v) is 2.57. The number of rotatable bonds is 2. The molecule has 1 aliphatic carbocycles. The van der Waals surface area contributed by atoms with E-state index in [4.69, 9.17) is 5.11 Å². The van der Waals surface area contributed by atoms with E-state index in [9.17, 15) is 4.79 Å². The van der Waals surface area contributed by atoms with Crippen molar-refractivity contribution in [3.05, 3.63) is 23.3 Å². The minimum absolute atomic E-state index is 0.442. The Kier molecular flexibility index (Phi) is 4.44. The van der Waals surface area contributed by atoms with Crippen LogP contribution in [0.3, 0.4) is 0 Å². The number of allylic oxidation sites excluding steroid dienone is 3. The molecule has 1 N–H and O–H groups in total. The number of carboxylic acid groups (broad SMARTS) is 1. The molecule has 0 spiro atoms. The molecule has 0 saturated carbocycles. The molecule has 0 amide bonds. The van der Waals surface area contributed by atoms with Crippen molar-refractivity contribution >= 4 is 5.97 Å². The topological polar surface area (TPSA) is 37.3 Å². The molecule has 0 aliphatic heterocycles. The lowest BCUT2D eigenvalue weighted by atomic mass is 9.98. The summed E-state index contributed by atoms with van der Waals surface area (Å²) in [7, 11) is 0. The highest BCUT2D eigenvalue weighted by molar-refractivity contribution is 5.86. The van der Waals surface area contributed by atoms with Gasteiger partial charge in [-0.05, 0) is 38.7 Å². The van der Waals surface area contributed by atoms with Gasteiger partial charge >= 0.3 is 5.97 Å². The summed E-state index contributed by atoms with van der Waals surface area (Å²) in [5.41, 5.74) is 1.64. The standard InChI is InChI=1S/C12H18O2/c1-10(12(13)14)9-11-7-5-3-2-4-6-8-11/h7,9H,2-6,8H2,1H3,(H,13,14)/b10-9?,11-7+. The molecule has 2 nitrogen and oxygen atoms in total. The van der Waals surface area contributed by atoms with Crippen molar-refractivity contribution in [1.29, 1.82) is 0 Å². The van der Waals surface area contributed by atoms with Crippen LogP contribution in [0.2, 0.25) is 0 Å². The van der Waals surface area contributed by atoms with Crippen molar-refractivity contribution in [2.45, 2.75) is 45.4 Å². The van der Waals surface area contributed by atoms with Crippen LogP contribution in [-0.2, 0) is 4.79 Å². The first-order valence-electron chi connectivity index (χ1n) is 5.31. The van der Waals surface area contributed by atoms with Crippen LogP contribution in [-0.4, -0.2) is 11.1 Å². The number of carbonyl (C=O) groups is 1. The fourth-order valence-corrected chi connectivity index (χ4v) is 1.69. The van der Waals surface area contributed by atoms with Crippen LogP contribution >= 0.6 is 0 Å². The summed E-state index contributed by atoms with van der Waals surface area (Å²) in [5.74, 6) is -0.812. The highest BCUT2D eigenvalue weighted by Crippen LogP contribution is 2.18. The van der Waals surface area contributed by atoms with E-state index in [1.54, 1.807) is 6.92 Å². The van der Waals surface area contributed by atoms with E-state index in [0.717, 1.165) is 12.8 Å². The Hall–Kier alpha value is -1.05. The Balaban J connectivity index is 2.64. The van der Waals surface area contributed by atoms with Crippen molar-refractivity contribution in [3.63, 3.8) is 0 Å². The molecule has 14 heavy (non-hydrogen) atoms. The fourth-order valence-electron chi connectivity index (χ4n) is 1.69. The molecule has 0 heterocycles. The van der Waals surface area contributed by atoms with E-state index >= 15 is 0 Å². The van der Waals surface area contributed by atoms with Gasteiger partial charge in [-0.3, -0.25) is 0 Å². The Labute approximate surface area is 85.3 Å². The zero-order chi connectivity index (χ0) is 10.4. The molecule has 78 valence electrons. The summed E-state index contributed by atoms with van der Waals surface area (Å²) in [6.45, 7) is 1.65. The highest BCUT2D eigenvalue weighted by Gasteiger charge is 2.03. The molecule has 1 aliphatic rings. The van der Waals surface area contributed by atoms with E-state index < -0.39 is 5.97 Å². The van der Waals surface area contributed by atoms with Crippen LogP contribution in [0.25, 0.3) is 0 Å². The summed E-state index contributed by atoms with van der Waals surface area (Å²) in [6, 6.07) is 0. The van der Waals surface area contributed by atoms with Crippen molar-refractivity contribution in [2.75, 3.05) is 0 Å². The predicted molar refractivity (Wildman–Crippen MR) is 57.2 cm³/mol. The van der Waals surface area contributed by atoms with Crippen molar-refractivity contribution < 1.29 is 9.90 Å². The first-order valence-corrected chi connectivity index (χ1v) is 5.31. The maximum atomic E-state index is 10.6. The van der Waals surface area contributed by atoms with Crippen LogP contribution < -0.4 is 0 Å². The Bertz CT molecular complexity index is 261. The molecule has 0 saturated heterocycles. The maximum Gasteiger partial charge on any atom is 0.331 e. The molecule has 0 fully saturated rings. The van der Waals surface area contributed by atoms with E-state index in [1.807, 2.05) is 6.08 Å². The van der Waals surface area contributed by atoms with Crippen LogP contribution in [0.1, 0.15) is 45.4 Å². The first kappa shape index (κ1) is 11.0. The van der Waals surface area contributed by atoms with Gasteiger partial charge in [0.25, 0.3) is 0 Å². The summed E-state index contributed by atoms with van der Waals surface area (Å²) in [4.78, 5) is 10.6. The van der Waals surface area contributed by atoms with E-state index in [1.165, 1.54) is 31.3 Å². The van der Waals surface area contributed by atoms with Gasteiger partial charge in [-0.2, -0.15) is 0 Å². The Morgan fingerprint density at radius 1 is 1.36 bits per heavy atom. The van der Waals surface area contributed by atoms with Crippen molar-refractivity contribution in [1.82, 2.24) is 0 Å². The highest BCUT2D eigenvalue weighted by atomic mass is 16.4. The smallest absolute Gasteiger partial charge is 0.331 e. The normalized spacial score (nSPS) is 23.2. The van der Waals surface area contributed by atoms with Crippen LogP contribution in [0, 0.1) is 0 Å². The minimum atomic E-state index is -0.812. The van der Waals surface area contributed by atoms with Crippen LogP contribution in [0.15, 0.2) is 23.3 Å². The second kappa shape index (κ2) is 5.63. The van der Waals surface area contributed by atoms with Crippen LogP contribution in [0.5, 0.6) is 0 Å². The fraction of sp³-hybridized carbons (Fsp3) is 0.583. The zero-order valence-electron chi connectivity index (χ0n) is 8.75. The van der Waals surface area contributed by atoms with E-state index in [-0.39, 0.29) is 0 Å². The van der Waals surface area contributed by atoms with Gasteiger partial charge in [0.05, 0.1) is 0 Å². The number of aliphatic carboxylic acids is 1. The van der Waals surface area contributed by atoms with Crippen molar-refractivity contribution in [3.8, 4) is 0 Å². The van der Waals surface area contributed by atoms with Gasteiger partial charge in [0, 0.05) is 5.57 Å². The Morgan fingerprint density at radius 3 is 2.79 bits per heavy atom. The van der Waals surface area contributed by atoms with Gasteiger partial charge in [0.15, 0.2) is 0 Å². The van der Waals surface area contributed by atoms with Gasteiger partial charge in [-0.1, -0.05) is 24.5 Å². The number of hydrogen-bond acceptors (Lipinski definition) is 1. The molecule has 0 radical (unpaired) electrons.